The van der Waals surface area contributed by atoms with Gasteiger partial charge in [0, 0.05) is 37.9 Å². The van der Waals surface area contributed by atoms with E-state index in [0.717, 1.165) is 16.3 Å². The summed E-state index contributed by atoms with van der Waals surface area (Å²) in [4.78, 5) is 0. The molecule has 0 atom stereocenters. The first-order chi connectivity index (χ1) is 11.6. The fraction of sp³-hybridized carbons (Fsp3) is 0.333. The molecular weight excluding hydrogens is 320 g/mol. The number of nitrogens with two attached hydrogens (primary N) is 2. The van der Waals surface area contributed by atoms with Crippen LogP contribution in [0.3, 0.4) is 0 Å². The molecule has 0 saturated heterocycles. The van der Waals surface area contributed by atoms with Crippen LogP contribution in [-0.4, -0.2) is 30.1 Å². The van der Waals surface area contributed by atoms with Crippen LogP contribution in [0.4, 0.5) is 11.4 Å². The lowest BCUT2D eigenvalue weighted by molar-refractivity contribution is 0.140. The molecule has 3 rings (SSSR count). The highest BCUT2D eigenvalue weighted by atomic mass is 28.4. The van der Waals surface area contributed by atoms with Gasteiger partial charge < -0.3 is 24.7 Å². The van der Waals surface area contributed by atoms with Crippen molar-refractivity contribution in [1.29, 1.82) is 0 Å². The molecule has 24 heavy (non-hydrogen) atoms. The van der Waals surface area contributed by atoms with Crippen LogP contribution >= 0.6 is 0 Å². The van der Waals surface area contributed by atoms with Crippen molar-refractivity contribution < 1.29 is 13.3 Å². The number of rotatable bonds is 5. The number of nitrogen functional groups attached to an aromatic ring is 2. The van der Waals surface area contributed by atoms with E-state index in [1.165, 1.54) is 19.3 Å². The maximum absolute atomic E-state index is 5.93. The zero-order valence-corrected chi connectivity index (χ0v) is 15.5. The van der Waals surface area contributed by atoms with Gasteiger partial charge in [-0.05, 0) is 35.4 Å². The Morgan fingerprint density at radius 1 is 0.750 bits per heavy atom. The van der Waals surface area contributed by atoms with E-state index in [1.807, 2.05) is 42.5 Å². The lowest BCUT2D eigenvalue weighted by Crippen LogP contribution is -2.55. The highest BCUT2D eigenvalue weighted by molar-refractivity contribution is 6.76. The summed E-state index contributed by atoms with van der Waals surface area (Å²) in [5.74, 6) is 0. The second-order valence-electron chi connectivity index (χ2n) is 5.66. The molecule has 0 heterocycles. The molecule has 1 fully saturated rings. The van der Waals surface area contributed by atoms with Gasteiger partial charge in [0.25, 0.3) is 0 Å². The van der Waals surface area contributed by atoms with Crippen molar-refractivity contribution in [3.05, 3.63) is 42.5 Å². The minimum atomic E-state index is -2.98. The van der Waals surface area contributed by atoms with Gasteiger partial charge in [-0.15, -0.1) is 0 Å². The monoisotopic (exact) mass is 346 g/mol. The molecule has 1 saturated carbocycles. The largest absolute Gasteiger partial charge is 0.537 e. The van der Waals surface area contributed by atoms with Gasteiger partial charge in [-0.25, -0.2) is 0 Å². The zero-order valence-electron chi connectivity index (χ0n) is 14.5. The summed E-state index contributed by atoms with van der Waals surface area (Å²) in [6, 6.07) is 13.2. The molecule has 0 radical (unpaired) electrons. The minimum absolute atomic E-state index is 0.632. The van der Waals surface area contributed by atoms with Crippen LogP contribution in [0.5, 0.6) is 0 Å². The first-order valence-corrected chi connectivity index (χ1v) is 9.70. The van der Waals surface area contributed by atoms with Crippen LogP contribution in [0.15, 0.2) is 42.5 Å². The van der Waals surface area contributed by atoms with E-state index < -0.39 is 8.80 Å². The molecule has 4 N–H and O–H groups in total. The molecule has 2 aromatic carbocycles. The van der Waals surface area contributed by atoms with Gasteiger partial charge in [0.05, 0.1) is 0 Å². The van der Waals surface area contributed by atoms with Gasteiger partial charge in [0.2, 0.25) is 0 Å². The van der Waals surface area contributed by atoms with Gasteiger partial charge in [-0.1, -0.05) is 37.5 Å². The van der Waals surface area contributed by atoms with Crippen molar-refractivity contribution >= 4 is 25.4 Å². The zero-order chi connectivity index (χ0) is 17.6. The minimum Gasteiger partial charge on any atom is -0.399 e. The molecule has 1 aliphatic rings. The highest BCUT2D eigenvalue weighted by Gasteiger charge is 2.43. The summed E-state index contributed by atoms with van der Waals surface area (Å²) in [5.41, 5.74) is 15.0. The van der Waals surface area contributed by atoms with E-state index >= 15 is 0 Å². The Morgan fingerprint density at radius 3 is 1.71 bits per heavy atom. The molecule has 0 bridgehead atoms. The van der Waals surface area contributed by atoms with Crippen molar-refractivity contribution in [2.24, 2.45) is 0 Å². The van der Waals surface area contributed by atoms with Crippen molar-refractivity contribution in [3.8, 4) is 11.1 Å². The standard InChI is InChI=1S/C15H20N2O3Si.C3H6/c1-18-21(19-2,20-3)15-10-13(17)8-9-14(15)11-4-6-12(16)7-5-11;1-2-3-1/h4-10H,16-17H2,1-3H3;1-3H2. The predicted molar refractivity (Wildman–Crippen MR) is 101 cm³/mol. The van der Waals surface area contributed by atoms with Crippen molar-refractivity contribution in [1.82, 2.24) is 0 Å². The molecule has 6 heteroatoms. The Kier molecular flexibility index (Phi) is 6.39. The fourth-order valence-corrected chi connectivity index (χ4v) is 4.37. The van der Waals surface area contributed by atoms with Crippen molar-refractivity contribution in [2.75, 3.05) is 32.8 Å². The van der Waals surface area contributed by atoms with E-state index in [-0.39, 0.29) is 0 Å². The third-order valence-electron chi connectivity index (χ3n) is 3.75. The molecule has 0 amide bonds. The van der Waals surface area contributed by atoms with Gasteiger partial charge in [-0.3, -0.25) is 0 Å². The average Bonchev–Trinajstić information content (AvgIpc) is 3.47. The summed E-state index contributed by atoms with van der Waals surface area (Å²) < 4.78 is 16.7. The molecule has 1 aliphatic carbocycles. The second-order valence-corrected chi connectivity index (χ2v) is 8.53. The third-order valence-corrected chi connectivity index (χ3v) is 6.44. The van der Waals surface area contributed by atoms with Gasteiger partial charge >= 0.3 is 8.80 Å². The number of anilines is 2. The number of benzene rings is 2. The SMILES string of the molecule is C1CC1.CO[Si](OC)(OC)c1cc(N)ccc1-c1ccc(N)cc1. The third kappa shape index (κ3) is 4.36. The Balaban J connectivity index is 0.000000623. The summed E-state index contributed by atoms with van der Waals surface area (Å²) in [6.07, 6.45) is 4.50. The van der Waals surface area contributed by atoms with Crippen LogP contribution in [-0.2, 0) is 13.3 Å². The topological polar surface area (TPSA) is 79.7 Å². The quantitative estimate of drug-likeness (QED) is 0.643. The molecule has 0 spiro atoms. The first-order valence-electron chi connectivity index (χ1n) is 7.97. The maximum Gasteiger partial charge on any atom is 0.537 e. The van der Waals surface area contributed by atoms with Crippen LogP contribution in [0.2, 0.25) is 0 Å². The van der Waals surface area contributed by atoms with Gasteiger partial charge in [0.1, 0.15) is 0 Å². The van der Waals surface area contributed by atoms with Gasteiger partial charge in [-0.2, -0.15) is 0 Å². The molecule has 2 aromatic rings. The summed E-state index contributed by atoms with van der Waals surface area (Å²) in [7, 11) is 1.76. The normalized spacial score (nSPS) is 13.1. The molecule has 130 valence electrons. The maximum atomic E-state index is 5.93. The van der Waals surface area contributed by atoms with E-state index in [1.54, 1.807) is 21.3 Å². The first kappa shape index (κ1) is 18.5. The number of hydrogen-bond acceptors (Lipinski definition) is 5. The molecule has 0 aliphatic heterocycles. The summed E-state index contributed by atoms with van der Waals surface area (Å²) in [6.45, 7) is 0. The summed E-state index contributed by atoms with van der Waals surface area (Å²) >= 11 is 0. The van der Waals surface area contributed by atoms with Crippen LogP contribution in [0, 0.1) is 0 Å². The fourth-order valence-electron chi connectivity index (χ4n) is 2.31. The van der Waals surface area contributed by atoms with Crippen LogP contribution < -0.4 is 16.7 Å². The molecular formula is C18H26N2O3Si. The molecule has 0 unspecified atom stereocenters. The van der Waals surface area contributed by atoms with E-state index in [0.29, 0.717) is 11.4 Å². The van der Waals surface area contributed by atoms with Crippen LogP contribution in [0.1, 0.15) is 19.3 Å². The van der Waals surface area contributed by atoms with Crippen molar-refractivity contribution in [3.63, 3.8) is 0 Å². The molecule has 5 nitrogen and oxygen atoms in total. The lowest BCUT2D eigenvalue weighted by Gasteiger charge is -2.27. The smallest absolute Gasteiger partial charge is 0.399 e. The highest BCUT2D eigenvalue weighted by Crippen LogP contribution is 2.24. The number of hydrogen-bond donors (Lipinski definition) is 2. The second kappa shape index (κ2) is 8.30. The Hall–Kier alpha value is -1.86. The van der Waals surface area contributed by atoms with E-state index in [2.05, 4.69) is 0 Å². The van der Waals surface area contributed by atoms with E-state index in [9.17, 15) is 0 Å². The van der Waals surface area contributed by atoms with Crippen LogP contribution in [0.25, 0.3) is 11.1 Å². The Labute approximate surface area is 144 Å². The Morgan fingerprint density at radius 2 is 1.25 bits per heavy atom. The van der Waals surface area contributed by atoms with Gasteiger partial charge in [0.15, 0.2) is 0 Å². The predicted octanol–water partition coefficient (Wildman–Crippen LogP) is 2.77. The average molecular weight is 347 g/mol. The Bertz CT molecular complexity index is 645. The molecule has 0 aromatic heterocycles. The van der Waals surface area contributed by atoms with Crippen molar-refractivity contribution in [2.45, 2.75) is 19.3 Å². The summed E-state index contributed by atoms with van der Waals surface area (Å²) in [5, 5.41) is 0.833. The lowest BCUT2D eigenvalue weighted by atomic mass is 10.0. The van der Waals surface area contributed by atoms with E-state index in [4.69, 9.17) is 24.7 Å².